The van der Waals surface area contributed by atoms with E-state index in [2.05, 4.69) is 44.3 Å². The lowest BCUT2D eigenvalue weighted by molar-refractivity contribution is 0.116. The number of benzene rings is 1. The molecule has 0 saturated heterocycles. The molecule has 0 amide bonds. The van der Waals surface area contributed by atoms with Crippen LogP contribution in [-0.4, -0.2) is 6.54 Å². The van der Waals surface area contributed by atoms with Gasteiger partial charge in [-0.25, -0.2) is 0 Å². The lowest BCUT2D eigenvalue weighted by atomic mass is 9.63. The minimum atomic E-state index is 0.510. The zero-order valence-corrected chi connectivity index (χ0v) is 11.9. The maximum atomic E-state index is 3.61. The standard InChI is InChI=1S/C17H25N/c1-12-7-8-16-13(10-12)14(11-18-16)15-6-4-5-9-17(15,2)3/h7-8,10,14-15,18H,4-6,9,11H2,1-3H3. The molecule has 1 aliphatic carbocycles. The number of hydrogen-bond donors (Lipinski definition) is 1. The van der Waals surface area contributed by atoms with E-state index in [1.165, 1.54) is 36.9 Å². The fourth-order valence-corrected chi connectivity index (χ4v) is 4.11. The fourth-order valence-electron chi connectivity index (χ4n) is 4.11. The third kappa shape index (κ3) is 1.94. The van der Waals surface area contributed by atoms with Crippen molar-refractivity contribution in [2.24, 2.45) is 11.3 Å². The molecule has 0 bridgehead atoms. The van der Waals surface area contributed by atoms with Crippen molar-refractivity contribution in [1.82, 2.24) is 0 Å². The zero-order chi connectivity index (χ0) is 12.8. The molecule has 1 nitrogen and oxygen atoms in total. The van der Waals surface area contributed by atoms with Gasteiger partial charge in [0, 0.05) is 18.2 Å². The van der Waals surface area contributed by atoms with Gasteiger partial charge in [-0.2, -0.15) is 0 Å². The molecule has 0 aromatic heterocycles. The third-order valence-corrected chi connectivity index (χ3v) is 5.19. The molecule has 2 aliphatic rings. The lowest BCUT2D eigenvalue weighted by Gasteiger charge is -2.42. The van der Waals surface area contributed by atoms with E-state index in [9.17, 15) is 0 Å². The second-order valence-electron chi connectivity index (χ2n) is 6.92. The van der Waals surface area contributed by atoms with Gasteiger partial charge in [0.15, 0.2) is 0 Å². The maximum Gasteiger partial charge on any atom is 0.0376 e. The monoisotopic (exact) mass is 243 g/mol. The molecule has 0 radical (unpaired) electrons. The summed E-state index contributed by atoms with van der Waals surface area (Å²) < 4.78 is 0. The Balaban J connectivity index is 1.93. The van der Waals surface area contributed by atoms with Gasteiger partial charge >= 0.3 is 0 Å². The Morgan fingerprint density at radius 1 is 1.22 bits per heavy atom. The second-order valence-corrected chi connectivity index (χ2v) is 6.92. The van der Waals surface area contributed by atoms with Crippen molar-refractivity contribution in [3.05, 3.63) is 29.3 Å². The van der Waals surface area contributed by atoms with Crippen LogP contribution < -0.4 is 5.32 Å². The van der Waals surface area contributed by atoms with E-state index in [0.717, 1.165) is 18.4 Å². The Hall–Kier alpha value is -0.980. The molecule has 1 heteroatoms. The minimum absolute atomic E-state index is 0.510. The highest BCUT2D eigenvalue weighted by Gasteiger charge is 2.40. The van der Waals surface area contributed by atoms with Gasteiger partial charge in [-0.05, 0) is 42.7 Å². The van der Waals surface area contributed by atoms with Crippen LogP contribution in [0.25, 0.3) is 0 Å². The summed E-state index contributed by atoms with van der Waals surface area (Å²) in [5.41, 5.74) is 4.87. The molecule has 1 aromatic rings. The molecule has 1 heterocycles. The second kappa shape index (κ2) is 4.29. The lowest BCUT2D eigenvalue weighted by Crippen LogP contribution is -2.33. The molecule has 98 valence electrons. The van der Waals surface area contributed by atoms with Crippen LogP contribution in [0, 0.1) is 18.3 Å². The first kappa shape index (κ1) is 12.1. The van der Waals surface area contributed by atoms with E-state index in [1.54, 1.807) is 5.56 Å². The molecule has 1 aromatic carbocycles. The highest BCUT2D eigenvalue weighted by Crippen LogP contribution is 2.50. The van der Waals surface area contributed by atoms with Crippen LogP contribution in [0.4, 0.5) is 5.69 Å². The smallest absolute Gasteiger partial charge is 0.0376 e. The van der Waals surface area contributed by atoms with Gasteiger partial charge in [-0.1, -0.05) is 44.4 Å². The van der Waals surface area contributed by atoms with Crippen LogP contribution in [0.2, 0.25) is 0 Å². The van der Waals surface area contributed by atoms with Crippen molar-refractivity contribution in [1.29, 1.82) is 0 Å². The van der Waals surface area contributed by atoms with Gasteiger partial charge in [0.05, 0.1) is 0 Å². The normalized spacial score (nSPS) is 29.7. The van der Waals surface area contributed by atoms with E-state index in [4.69, 9.17) is 0 Å². The largest absolute Gasteiger partial charge is 0.384 e. The van der Waals surface area contributed by atoms with E-state index in [1.807, 2.05) is 0 Å². The Morgan fingerprint density at radius 3 is 2.83 bits per heavy atom. The Labute approximate surface area is 111 Å². The predicted octanol–water partition coefficient (Wildman–Crippen LogP) is 4.72. The summed E-state index contributed by atoms with van der Waals surface area (Å²) in [5.74, 6) is 1.58. The molecule has 18 heavy (non-hydrogen) atoms. The van der Waals surface area contributed by atoms with Gasteiger partial charge < -0.3 is 5.32 Å². The van der Waals surface area contributed by atoms with E-state index in [0.29, 0.717) is 5.41 Å². The number of nitrogens with one attached hydrogen (secondary N) is 1. The van der Waals surface area contributed by atoms with E-state index >= 15 is 0 Å². The van der Waals surface area contributed by atoms with Gasteiger partial charge in [0.1, 0.15) is 0 Å². The first-order chi connectivity index (χ1) is 8.58. The van der Waals surface area contributed by atoms with Crippen molar-refractivity contribution in [3.8, 4) is 0 Å². The summed E-state index contributed by atoms with van der Waals surface area (Å²) in [6.45, 7) is 8.31. The molecular formula is C17H25N. The predicted molar refractivity (Wildman–Crippen MR) is 78.1 cm³/mol. The fraction of sp³-hybridized carbons (Fsp3) is 0.647. The van der Waals surface area contributed by atoms with Gasteiger partial charge in [-0.3, -0.25) is 0 Å². The van der Waals surface area contributed by atoms with Crippen molar-refractivity contribution in [2.45, 2.75) is 52.4 Å². The topological polar surface area (TPSA) is 12.0 Å². The highest BCUT2D eigenvalue weighted by molar-refractivity contribution is 5.59. The van der Waals surface area contributed by atoms with Crippen LogP contribution in [0.5, 0.6) is 0 Å². The van der Waals surface area contributed by atoms with Crippen molar-refractivity contribution >= 4 is 5.69 Å². The molecule has 2 atom stereocenters. The minimum Gasteiger partial charge on any atom is -0.384 e. The number of fused-ring (bicyclic) bond motifs is 1. The third-order valence-electron chi connectivity index (χ3n) is 5.19. The molecule has 1 fully saturated rings. The molecule has 1 N–H and O–H groups in total. The summed E-state index contributed by atoms with van der Waals surface area (Å²) in [5, 5.41) is 3.61. The van der Waals surface area contributed by atoms with Crippen LogP contribution in [0.15, 0.2) is 18.2 Å². The maximum absolute atomic E-state index is 3.61. The van der Waals surface area contributed by atoms with Crippen LogP contribution in [-0.2, 0) is 0 Å². The van der Waals surface area contributed by atoms with E-state index < -0.39 is 0 Å². The summed E-state index contributed by atoms with van der Waals surface area (Å²) in [4.78, 5) is 0. The first-order valence-electron chi connectivity index (χ1n) is 7.42. The van der Waals surface area contributed by atoms with Gasteiger partial charge in [0.2, 0.25) is 0 Å². The van der Waals surface area contributed by atoms with Crippen LogP contribution in [0.1, 0.15) is 56.6 Å². The Bertz CT molecular complexity index is 447. The molecule has 2 unspecified atom stereocenters. The van der Waals surface area contributed by atoms with Crippen LogP contribution in [0.3, 0.4) is 0 Å². The van der Waals surface area contributed by atoms with Crippen molar-refractivity contribution < 1.29 is 0 Å². The summed E-state index contributed by atoms with van der Waals surface area (Å²) in [7, 11) is 0. The molecule has 1 aliphatic heterocycles. The summed E-state index contributed by atoms with van der Waals surface area (Å²) >= 11 is 0. The quantitative estimate of drug-likeness (QED) is 0.752. The SMILES string of the molecule is Cc1ccc2c(c1)C(C1CCCCC1(C)C)CN2. The highest BCUT2D eigenvalue weighted by atomic mass is 14.9. The Kier molecular flexibility index (Phi) is 2.88. The summed E-state index contributed by atoms with van der Waals surface area (Å²) in [6.07, 6.45) is 5.65. The number of hydrogen-bond acceptors (Lipinski definition) is 1. The average Bonchev–Trinajstić information content (AvgIpc) is 2.71. The molecule has 3 rings (SSSR count). The molecule has 1 saturated carbocycles. The Morgan fingerprint density at radius 2 is 2.06 bits per heavy atom. The molecular weight excluding hydrogens is 218 g/mol. The van der Waals surface area contributed by atoms with Crippen molar-refractivity contribution in [3.63, 3.8) is 0 Å². The van der Waals surface area contributed by atoms with Crippen LogP contribution >= 0.6 is 0 Å². The van der Waals surface area contributed by atoms with Gasteiger partial charge in [-0.15, -0.1) is 0 Å². The number of rotatable bonds is 1. The summed E-state index contributed by atoms with van der Waals surface area (Å²) in [6, 6.07) is 6.89. The average molecular weight is 243 g/mol. The molecule has 0 spiro atoms. The van der Waals surface area contributed by atoms with Gasteiger partial charge in [0.25, 0.3) is 0 Å². The van der Waals surface area contributed by atoms with E-state index in [-0.39, 0.29) is 0 Å². The van der Waals surface area contributed by atoms with Crippen molar-refractivity contribution in [2.75, 3.05) is 11.9 Å². The zero-order valence-electron chi connectivity index (χ0n) is 11.9. The number of anilines is 1. The first-order valence-corrected chi connectivity index (χ1v) is 7.42. The number of aryl methyl sites for hydroxylation is 1.